The highest BCUT2D eigenvalue weighted by molar-refractivity contribution is 9.10. The van der Waals surface area contributed by atoms with E-state index in [4.69, 9.17) is 0 Å². The maximum absolute atomic E-state index is 12.0. The number of hydrogen-bond donors (Lipinski definition) is 0. The number of carbonyl (C=O) groups is 1. The maximum Gasteiger partial charge on any atom is 0.573 e. The molecule has 0 aromatic heterocycles. The Morgan fingerprint density at radius 2 is 2.06 bits per heavy atom. The van der Waals surface area contributed by atoms with Gasteiger partial charge in [-0.05, 0) is 47.0 Å². The average Bonchev–Trinajstić information content (AvgIpc) is 2.20. The zero-order chi connectivity index (χ0) is 13.9. The fourth-order valence-corrected chi connectivity index (χ4v) is 2.11. The molecule has 0 aliphatic rings. The first-order valence-electron chi connectivity index (χ1n) is 4.88. The van der Waals surface area contributed by atoms with Crippen molar-refractivity contribution in [3.05, 3.63) is 28.2 Å². The Morgan fingerprint density at radius 1 is 1.44 bits per heavy atom. The first-order valence-corrected chi connectivity index (χ1v) is 6.58. The lowest BCUT2D eigenvalue weighted by Gasteiger charge is -2.12. The first kappa shape index (κ1) is 15.5. The van der Waals surface area contributed by atoms with Crippen LogP contribution < -0.4 is 4.74 Å². The Hall–Kier alpha value is -0.560. The lowest BCUT2D eigenvalue weighted by Crippen LogP contribution is -2.17. The molecule has 0 heterocycles. The van der Waals surface area contributed by atoms with Crippen LogP contribution in [0.3, 0.4) is 0 Å². The molecule has 0 fully saturated rings. The summed E-state index contributed by atoms with van der Waals surface area (Å²) in [5, 5.41) is 0. The monoisotopic (exact) mass is 388 g/mol. The van der Waals surface area contributed by atoms with Crippen molar-refractivity contribution in [2.45, 2.75) is 24.5 Å². The van der Waals surface area contributed by atoms with Gasteiger partial charge in [0, 0.05) is 0 Å². The van der Waals surface area contributed by atoms with Crippen LogP contribution in [-0.4, -0.2) is 17.0 Å². The van der Waals surface area contributed by atoms with E-state index >= 15 is 0 Å². The first-order chi connectivity index (χ1) is 8.19. The predicted octanol–water partition coefficient (Wildman–Crippen LogP) is 4.24. The smallest absolute Gasteiger partial charge is 0.405 e. The molecule has 0 spiro atoms. The zero-order valence-corrected chi connectivity index (χ0v) is 12.4. The Morgan fingerprint density at radius 3 is 2.50 bits per heavy atom. The fourth-order valence-electron chi connectivity index (χ4n) is 1.23. The van der Waals surface area contributed by atoms with Crippen LogP contribution >= 0.6 is 31.9 Å². The maximum atomic E-state index is 12.0. The molecular formula is C11H9Br2F3O2. The molecule has 1 aromatic carbocycles. The van der Waals surface area contributed by atoms with Gasteiger partial charge < -0.3 is 4.74 Å². The van der Waals surface area contributed by atoms with E-state index in [1.54, 1.807) is 0 Å². The topological polar surface area (TPSA) is 26.3 Å². The van der Waals surface area contributed by atoms with Crippen molar-refractivity contribution in [1.29, 1.82) is 0 Å². The summed E-state index contributed by atoms with van der Waals surface area (Å²) in [5.41, 5.74) is 0.730. The van der Waals surface area contributed by atoms with Crippen molar-refractivity contribution in [2.75, 3.05) is 0 Å². The molecule has 1 rings (SSSR count). The van der Waals surface area contributed by atoms with Crippen molar-refractivity contribution in [3.8, 4) is 5.75 Å². The third-order valence-corrected chi connectivity index (χ3v) is 3.67. The number of benzene rings is 1. The normalized spacial score (nSPS) is 13.2. The molecule has 1 aromatic rings. The predicted molar refractivity (Wildman–Crippen MR) is 67.9 cm³/mol. The Balaban J connectivity index is 2.83. The number of alkyl halides is 4. The molecule has 0 N–H and O–H groups in total. The summed E-state index contributed by atoms with van der Waals surface area (Å²) >= 11 is 6.20. The van der Waals surface area contributed by atoms with Gasteiger partial charge >= 0.3 is 6.36 Å². The molecule has 0 aliphatic carbocycles. The fraction of sp³-hybridized carbons (Fsp3) is 0.364. The number of halogens is 5. The van der Waals surface area contributed by atoms with Crippen LogP contribution in [0.5, 0.6) is 5.75 Å². The van der Waals surface area contributed by atoms with Gasteiger partial charge in [-0.25, -0.2) is 0 Å². The largest absolute Gasteiger partial charge is 0.573 e. The lowest BCUT2D eigenvalue weighted by atomic mass is 10.1. The van der Waals surface area contributed by atoms with Gasteiger partial charge in [-0.3, -0.25) is 4.79 Å². The quantitative estimate of drug-likeness (QED) is 0.720. The van der Waals surface area contributed by atoms with E-state index in [1.165, 1.54) is 25.1 Å². The third-order valence-electron chi connectivity index (χ3n) is 2.08. The molecule has 0 amide bonds. The Kier molecular flexibility index (Phi) is 5.21. The molecule has 1 unspecified atom stereocenters. The Labute approximate surface area is 119 Å². The molecule has 0 saturated carbocycles. The second-order valence-corrected chi connectivity index (χ2v) is 5.55. The highest BCUT2D eigenvalue weighted by Crippen LogP contribution is 2.31. The number of ketones is 1. The third kappa shape index (κ3) is 4.97. The minimum atomic E-state index is -4.72. The van der Waals surface area contributed by atoms with Crippen LogP contribution in [0, 0.1) is 0 Å². The molecule has 1 atom stereocenters. The molecule has 100 valence electrons. The minimum Gasteiger partial charge on any atom is -0.405 e. The van der Waals surface area contributed by atoms with E-state index in [2.05, 4.69) is 36.6 Å². The summed E-state index contributed by atoms with van der Waals surface area (Å²) in [5.74, 6) is -0.345. The van der Waals surface area contributed by atoms with Crippen LogP contribution in [0.15, 0.2) is 22.7 Å². The average molecular weight is 390 g/mol. The van der Waals surface area contributed by atoms with Gasteiger partial charge in [-0.2, -0.15) is 0 Å². The second-order valence-electron chi connectivity index (χ2n) is 3.59. The van der Waals surface area contributed by atoms with Crippen molar-refractivity contribution >= 4 is 37.6 Å². The number of hydrogen-bond acceptors (Lipinski definition) is 2. The number of carbonyl (C=O) groups excluding carboxylic acids is 1. The molecule has 7 heteroatoms. The zero-order valence-electron chi connectivity index (χ0n) is 9.22. The highest BCUT2D eigenvalue weighted by Gasteiger charge is 2.31. The Bertz CT molecular complexity index is 446. The van der Waals surface area contributed by atoms with Gasteiger partial charge in [0.25, 0.3) is 0 Å². The van der Waals surface area contributed by atoms with Crippen LogP contribution in [0.1, 0.15) is 12.5 Å². The molecule has 0 saturated heterocycles. The number of ether oxygens (including phenoxy) is 1. The second kappa shape index (κ2) is 6.06. The minimum absolute atomic E-state index is 0.0401. The van der Waals surface area contributed by atoms with Gasteiger partial charge in [0.1, 0.15) is 11.5 Å². The van der Waals surface area contributed by atoms with Crippen LogP contribution in [-0.2, 0) is 11.2 Å². The van der Waals surface area contributed by atoms with Gasteiger partial charge in [-0.15, -0.1) is 13.2 Å². The van der Waals surface area contributed by atoms with Gasteiger partial charge in [0.05, 0.1) is 9.30 Å². The summed E-state index contributed by atoms with van der Waals surface area (Å²) in [6.45, 7) is 1.44. The van der Waals surface area contributed by atoms with Crippen molar-refractivity contribution in [1.82, 2.24) is 0 Å². The van der Waals surface area contributed by atoms with E-state index in [-0.39, 0.29) is 20.8 Å². The van der Waals surface area contributed by atoms with Gasteiger partial charge in [0.15, 0.2) is 0 Å². The number of Topliss-reactive ketones (excluding diaryl/α,β-unsaturated/α-hetero) is 1. The summed E-state index contributed by atoms with van der Waals surface area (Å²) in [4.78, 5) is 10.7. The van der Waals surface area contributed by atoms with E-state index in [0.717, 1.165) is 5.56 Å². The molecule has 0 aliphatic heterocycles. The molecule has 0 radical (unpaired) electrons. The summed E-state index contributed by atoms with van der Waals surface area (Å²) in [6.07, 6.45) is -4.32. The lowest BCUT2D eigenvalue weighted by molar-refractivity contribution is -0.274. The highest BCUT2D eigenvalue weighted by atomic mass is 79.9. The van der Waals surface area contributed by atoms with Gasteiger partial charge in [0.2, 0.25) is 0 Å². The van der Waals surface area contributed by atoms with E-state index in [9.17, 15) is 18.0 Å². The molecule has 18 heavy (non-hydrogen) atoms. The van der Waals surface area contributed by atoms with Crippen LogP contribution in [0.4, 0.5) is 13.2 Å². The SMILES string of the molecule is CC(=O)C(Br)Cc1ccc(OC(F)(F)F)c(Br)c1. The van der Waals surface area contributed by atoms with E-state index in [0.29, 0.717) is 6.42 Å². The van der Waals surface area contributed by atoms with Crippen molar-refractivity contribution in [2.24, 2.45) is 0 Å². The number of rotatable bonds is 4. The van der Waals surface area contributed by atoms with Crippen LogP contribution in [0.25, 0.3) is 0 Å². The summed E-state index contributed by atoms with van der Waals surface area (Å²) in [7, 11) is 0. The molecule has 2 nitrogen and oxygen atoms in total. The standard InChI is InChI=1S/C11H9Br2F3O2/c1-6(17)8(12)4-7-2-3-10(9(13)5-7)18-11(14,15)16/h2-3,5,8H,4H2,1H3. The molecule has 0 bridgehead atoms. The van der Waals surface area contributed by atoms with E-state index in [1.807, 2.05) is 0 Å². The van der Waals surface area contributed by atoms with Crippen molar-refractivity contribution < 1.29 is 22.7 Å². The van der Waals surface area contributed by atoms with Gasteiger partial charge in [-0.1, -0.05) is 22.0 Å². The molecular weight excluding hydrogens is 381 g/mol. The van der Waals surface area contributed by atoms with E-state index < -0.39 is 6.36 Å². The summed E-state index contributed by atoms with van der Waals surface area (Å²) in [6, 6.07) is 4.20. The van der Waals surface area contributed by atoms with Crippen LogP contribution in [0.2, 0.25) is 0 Å². The van der Waals surface area contributed by atoms with Crippen molar-refractivity contribution in [3.63, 3.8) is 0 Å². The summed E-state index contributed by atoms with van der Waals surface area (Å²) < 4.78 is 40.1.